The van der Waals surface area contributed by atoms with Crippen LogP contribution in [0.1, 0.15) is 11.7 Å². The molecule has 0 saturated carbocycles. The zero-order valence-electron chi connectivity index (χ0n) is 11.6. The summed E-state index contributed by atoms with van der Waals surface area (Å²) in [6.07, 6.45) is -0.0752. The molecule has 1 aliphatic rings. The molecule has 1 aromatic carbocycles. The van der Waals surface area contributed by atoms with Crippen molar-refractivity contribution in [1.82, 2.24) is 25.3 Å². The number of hydrogen-bond donors (Lipinski definition) is 0. The number of benzene rings is 1. The quantitative estimate of drug-likeness (QED) is 0.717. The number of anilines is 1. The molecule has 1 unspecified atom stereocenters. The molecule has 0 aliphatic carbocycles. The fourth-order valence-corrected chi connectivity index (χ4v) is 2.85. The van der Waals surface area contributed by atoms with E-state index in [2.05, 4.69) is 25.5 Å². The highest BCUT2D eigenvalue weighted by Gasteiger charge is 2.24. The smallest absolute Gasteiger partial charge is 0.200 e. The lowest BCUT2D eigenvalue weighted by atomic mass is 10.1. The summed E-state index contributed by atoms with van der Waals surface area (Å²) in [6, 6.07) is 11.5. The fourth-order valence-electron chi connectivity index (χ4n) is 2.59. The maximum absolute atomic E-state index is 6.27. The Balaban J connectivity index is 1.61. The highest BCUT2D eigenvalue weighted by Crippen LogP contribution is 2.29. The van der Waals surface area contributed by atoms with Gasteiger partial charge in [0.25, 0.3) is 0 Å². The molecule has 1 fully saturated rings. The van der Waals surface area contributed by atoms with Crippen molar-refractivity contribution in [3.05, 3.63) is 47.0 Å². The topological polar surface area (TPSA) is 68.4 Å². The van der Waals surface area contributed by atoms with E-state index in [0.29, 0.717) is 18.8 Å². The van der Waals surface area contributed by atoms with Gasteiger partial charge in [0.1, 0.15) is 6.10 Å². The number of morpholine rings is 1. The van der Waals surface area contributed by atoms with Crippen molar-refractivity contribution >= 4 is 23.1 Å². The van der Waals surface area contributed by atoms with E-state index in [1.807, 2.05) is 36.4 Å². The van der Waals surface area contributed by atoms with E-state index >= 15 is 0 Å². The van der Waals surface area contributed by atoms with Crippen LogP contribution in [0, 0.1) is 0 Å². The first-order valence-corrected chi connectivity index (χ1v) is 7.35. The number of ether oxygens (including phenoxy) is 1. The van der Waals surface area contributed by atoms with E-state index in [0.717, 1.165) is 22.9 Å². The van der Waals surface area contributed by atoms with Crippen molar-refractivity contribution < 1.29 is 4.74 Å². The van der Waals surface area contributed by atoms with Crippen LogP contribution < -0.4 is 4.90 Å². The summed E-state index contributed by atoms with van der Waals surface area (Å²) in [4.78, 5) is 2.15. The van der Waals surface area contributed by atoms with Gasteiger partial charge in [-0.05, 0) is 28.6 Å². The monoisotopic (exact) mass is 316 g/mol. The van der Waals surface area contributed by atoms with Gasteiger partial charge in [0.05, 0.1) is 6.61 Å². The molecule has 0 N–H and O–H groups in total. The third kappa shape index (κ3) is 2.38. The zero-order chi connectivity index (χ0) is 14.9. The SMILES string of the molecule is Clc1ccccc1C1CN(c2ccc3nnnn3n2)CCO1. The number of halogens is 1. The standard InChI is InChI=1S/C14H13ClN6O/c15-11-4-2-1-3-10(11)12-9-20(7-8-22-12)14-6-5-13-16-18-19-21(13)17-14/h1-6,12H,7-9H2. The van der Waals surface area contributed by atoms with Gasteiger partial charge in [-0.1, -0.05) is 29.8 Å². The highest BCUT2D eigenvalue weighted by atomic mass is 35.5. The minimum Gasteiger partial charge on any atom is -0.370 e. The summed E-state index contributed by atoms with van der Waals surface area (Å²) >= 11 is 6.27. The number of rotatable bonds is 2. The molecule has 3 heterocycles. The number of aromatic nitrogens is 5. The van der Waals surface area contributed by atoms with Crippen LogP contribution in [0.3, 0.4) is 0 Å². The van der Waals surface area contributed by atoms with Crippen molar-refractivity contribution in [2.24, 2.45) is 0 Å². The summed E-state index contributed by atoms with van der Waals surface area (Å²) < 4.78 is 7.29. The predicted octanol–water partition coefficient (Wildman–Crippen LogP) is 1.75. The van der Waals surface area contributed by atoms with Gasteiger partial charge in [-0.25, -0.2) is 0 Å². The summed E-state index contributed by atoms with van der Waals surface area (Å²) in [5.74, 6) is 0.820. The molecule has 3 aromatic rings. The third-order valence-corrected chi connectivity index (χ3v) is 4.04. The molecule has 8 heteroatoms. The van der Waals surface area contributed by atoms with Crippen LogP contribution in [0.15, 0.2) is 36.4 Å². The Morgan fingerprint density at radius 3 is 3.00 bits per heavy atom. The molecule has 7 nitrogen and oxygen atoms in total. The largest absolute Gasteiger partial charge is 0.370 e. The summed E-state index contributed by atoms with van der Waals surface area (Å²) in [6.45, 7) is 2.07. The Morgan fingerprint density at radius 1 is 1.18 bits per heavy atom. The van der Waals surface area contributed by atoms with Crippen LogP contribution >= 0.6 is 11.6 Å². The molecule has 1 atom stereocenters. The molecule has 0 bridgehead atoms. The van der Waals surface area contributed by atoms with E-state index < -0.39 is 0 Å². The number of tetrazole rings is 1. The van der Waals surface area contributed by atoms with Crippen LogP contribution in [0.2, 0.25) is 5.02 Å². The van der Waals surface area contributed by atoms with Gasteiger partial charge in [0, 0.05) is 23.7 Å². The van der Waals surface area contributed by atoms with Crippen LogP contribution in [-0.2, 0) is 4.74 Å². The summed E-state index contributed by atoms with van der Waals surface area (Å²) in [7, 11) is 0. The van der Waals surface area contributed by atoms with Crippen molar-refractivity contribution in [2.45, 2.75) is 6.10 Å². The maximum atomic E-state index is 6.27. The van der Waals surface area contributed by atoms with Gasteiger partial charge in [-0.2, -0.15) is 0 Å². The molecule has 2 aromatic heterocycles. The minimum absolute atomic E-state index is 0.0752. The second kappa shape index (κ2) is 5.51. The molecule has 1 saturated heterocycles. The molecule has 4 rings (SSSR count). The van der Waals surface area contributed by atoms with Gasteiger partial charge in [-0.15, -0.1) is 14.8 Å². The lowest BCUT2D eigenvalue weighted by Crippen LogP contribution is -2.39. The third-order valence-electron chi connectivity index (χ3n) is 3.70. The van der Waals surface area contributed by atoms with Gasteiger partial charge < -0.3 is 9.64 Å². The van der Waals surface area contributed by atoms with Gasteiger partial charge >= 0.3 is 0 Å². The number of fused-ring (bicyclic) bond motifs is 1. The Labute approximate surface area is 131 Å². The molecular formula is C14H13ClN6O. The summed E-state index contributed by atoms with van der Waals surface area (Å²) in [5, 5.41) is 16.4. The normalized spacial score (nSPS) is 18.8. The molecule has 0 radical (unpaired) electrons. The van der Waals surface area contributed by atoms with E-state index in [4.69, 9.17) is 16.3 Å². The van der Waals surface area contributed by atoms with Gasteiger partial charge in [0.15, 0.2) is 11.5 Å². The second-order valence-electron chi connectivity index (χ2n) is 5.05. The van der Waals surface area contributed by atoms with Crippen molar-refractivity contribution in [3.8, 4) is 0 Å². The lowest BCUT2D eigenvalue weighted by molar-refractivity contribution is 0.0395. The fraction of sp³-hybridized carbons (Fsp3) is 0.286. The predicted molar refractivity (Wildman–Crippen MR) is 80.9 cm³/mol. The molecule has 1 aliphatic heterocycles. The molecule has 0 spiro atoms. The van der Waals surface area contributed by atoms with Gasteiger partial charge in [0.2, 0.25) is 0 Å². The first-order valence-electron chi connectivity index (χ1n) is 6.98. The van der Waals surface area contributed by atoms with Gasteiger partial charge in [-0.3, -0.25) is 0 Å². The van der Waals surface area contributed by atoms with E-state index in [1.54, 1.807) is 0 Å². The van der Waals surface area contributed by atoms with Crippen LogP contribution in [0.4, 0.5) is 5.82 Å². The lowest BCUT2D eigenvalue weighted by Gasteiger charge is -2.34. The molecular weight excluding hydrogens is 304 g/mol. The average Bonchev–Trinajstić information content (AvgIpc) is 3.03. The summed E-state index contributed by atoms with van der Waals surface area (Å²) in [5.41, 5.74) is 1.62. The van der Waals surface area contributed by atoms with Crippen LogP contribution in [0.25, 0.3) is 5.65 Å². The highest BCUT2D eigenvalue weighted by molar-refractivity contribution is 6.31. The first kappa shape index (κ1) is 13.4. The second-order valence-corrected chi connectivity index (χ2v) is 5.45. The Bertz CT molecular complexity index is 807. The Kier molecular flexibility index (Phi) is 3.36. The molecule has 0 amide bonds. The number of nitrogens with zero attached hydrogens (tertiary/aromatic N) is 6. The number of hydrogen-bond acceptors (Lipinski definition) is 6. The van der Waals surface area contributed by atoms with Crippen molar-refractivity contribution in [3.63, 3.8) is 0 Å². The van der Waals surface area contributed by atoms with Crippen molar-refractivity contribution in [2.75, 3.05) is 24.6 Å². The maximum Gasteiger partial charge on any atom is 0.200 e. The van der Waals surface area contributed by atoms with E-state index in [1.165, 1.54) is 4.63 Å². The average molecular weight is 317 g/mol. The molecule has 22 heavy (non-hydrogen) atoms. The zero-order valence-corrected chi connectivity index (χ0v) is 12.4. The Morgan fingerprint density at radius 2 is 2.09 bits per heavy atom. The molecule has 112 valence electrons. The Hall–Kier alpha value is -2.25. The van der Waals surface area contributed by atoms with E-state index in [9.17, 15) is 0 Å². The van der Waals surface area contributed by atoms with Crippen molar-refractivity contribution in [1.29, 1.82) is 0 Å². The first-order chi connectivity index (χ1) is 10.8. The minimum atomic E-state index is -0.0752. The van der Waals surface area contributed by atoms with Crippen LogP contribution in [0.5, 0.6) is 0 Å². The van der Waals surface area contributed by atoms with Crippen LogP contribution in [-0.4, -0.2) is 45.0 Å². The van der Waals surface area contributed by atoms with E-state index in [-0.39, 0.29) is 6.10 Å².